The van der Waals surface area contributed by atoms with E-state index in [9.17, 15) is 8.98 Å². The summed E-state index contributed by atoms with van der Waals surface area (Å²) in [5.74, 6) is -0.192. The monoisotopic (exact) mass is 293 g/mol. The first kappa shape index (κ1) is 11.9. The van der Waals surface area contributed by atoms with E-state index >= 15 is 0 Å². The maximum absolute atomic E-state index is 12.0. The van der Waals surface area contributed by atoms with E-state index in [4.69, 9.17) is 0 Å². The van der Waals surface area contributed by atoms with Crippen molar-refractivity contribution in [3.63, 3.8) is 0 Å². The number of amides is 1. The van der Waals surface area contributed by atoms with Gasteiger partial charge in [0.15, 0.2) is 0 Å². The Labute approximate surface area is 106 Å². The van der Waals surface area contributed by atoms with E-state index in [0.29, 0.717) is 10.0 Å². The van der Waals surface area contributed by atoms with Gasteiger partial charge in [-0.15, -0.1) is 0 Å². The number of nitrogens with one attached hydrogen (secondary N) is 1. The predicted octanol–water partition coefficient (Wildman–Crippen LogP) is 1.18. The molecule has 0 aliphatic rings. The molecule has 0 saturated heterocycles. The Morgan fingerprint density at radius 3 is 2.35 bits per heavy atom. The third kappa shape index (κ3) is 2.94. The Hall–Kier alpha value is -1.61. The summed E-state index contributed by atoms with van der Waals surface area (Å²) in [5.41, 5.74) is 1.27. The van der Waals surface area contributed by atoms with Gasteiger partial charge in [0, 0.05) is 0 Å². The van der Waals surface area contributed by atoms with Crippen molar-refractivity contribution in [2.45, 2.75) is 0 Å². The summed E-state index contributed by atoms with van der Waals surface area (Å²) >= 11 is -0.676. The molecule has 17 heavy (non-hydrogen) atoms. The number of rotatable bonds is 3. The van der Waals surface area contributed by atoms with Gasteiger partial charge in [-0.25, -0.2) is 0 Å². The molecule has 0 atom stereocenters. The van der Waals surface area contributed by atoms with E-state index in [-0.39, 0.29) is 5.91 Å². The quantitative estimate of drug-likeness (QED) is 0.835. The second-order valence-electron chi connectivity index (χ2n) is 3.41. The van der Waals surface area contributed by atoms with Crippen molar-refractivity contribution >= 4 is 31.3 Å². The zero-order chi connectivity index (χ0) is 12.1. The summed E-state index contributed by atoms with van der Waals surface area (Å²) in [7, 11) is 0. The van der Waals surface area contributed by atoms with Gasteiger partial charge in [-0.1, -0.05) is 0 Å². The van der Waals surface area contributed by atoms with Crippen molar-refractivity contribution in [1.29, 1.82) is 0 Å². The van der Waals surface area contributed by atoms with Crippen LogP contribution < -0.4 is 9.78 Å². The molecule has 0 aliphatic heterocycles. The zero-order valence-electron chi connectivity index (χ0n) is 8.96. The molecular weight excluding hydrogens is 281 g/mol. The van der Waals surface area contributed by atoms with Crippen LogP contribution in [0, 0.1) is 0 Å². The van der Waals surface area contributed by atoms with Crippen molar-refractivity contribution in [3.05, 3.63) is 60.2 Å². The van der Waals surface area contributed by atoms with Gasteiger partial charge in [0.25, 0.3) is 0 Å². The van der Waals surface area contributed by atoms with Gasteiger partial charge in [0.2, 0.25) is 0 Å². The van der Waals surface area contributed by atoms with Gasteiger partial charge in [-0.05, 0) is 0 Å². The van der Waals surface area contributed by atoms with Gasteiger partial charge in [-0.3, -0.25) is 0 Å². The summed E-state index contributed by atoms with van der Waals surface area (Å²) < 4.78 is 9.90. The zero-order valence-corrected chi connectivity index (χ0v) is 10.7. The van der Waals surface area contributed by atoms with Crippen LogP contribution >= 0.6 is 0 Å². The molecule has 0 bridgehead atoms. The number of hydrogen-bond donors (Lipinski definition) is 2. The SMILES string of the molecule is O=C(Nc1ccccc1)c1ccccc1[Se]O. The summed E-state index contributed by atoms with van der Waals surface area (Å²) in [4.78, 5) is 12.0. The van der Waals surface area contributed by atoms with Crippen LogP contribution in [0.15, 0.2) is 54.6 Å². The first-order valence-corrected chi connectivity index (χ1v) is 6.70. The fourth-order valence-electron chi connectivity index (χ4n) is 1.45. The molecule has 0 aliphatic carbocycles. The number of para-hydroxylation sites is 1. The molecule has 0 aromatic heterocycles. The van der Waals surface area contributed by atoms with E-state index in [1.165, 1.54) is 0 Å². The Morgan fingerprint density at radius 2 is 1.65 bits per heavy atom. The number of carbonyl (C=O) groups excluding carboxylic acids is 1. The summed E-state index contributed by atoms with van der Waals surface area (Å²) in [6.07, 6.45) is 0. The molecule has 1 amide bonds. The molecule has 2 aromatic carbocycles. The molecule has 2 N–H and O–H groups in total. The number of carbonyl (C=O) groups is 1. The van der Waals surface area contributed by atoms with Gasteiger partial charge in [-0.2, -0.15) is 0 Å². The van der Waals surface area contributed by atoms with Crippen LogP contribution in [0.25, 0.3) is 0 Å². The molecule has 0 spiro atoms. The van der Waals surface area contributed by atoms with Crippen molar-refractivity contribution < 1.29 is 8.98 Å². The Bertz CT molecular complexity index is 514. The number of hydrogen-bond acceptors (Lipinski definition) is 2. The molecular formula is C13H11NO2Se. The molecule has 0 unspecified atom stereocenters. The van der Waals surface area contributed by atoms with Crippen molar-refractivity contribution in [1.82, 2.24) is 0 Å². The minimum absolute atomic E-state index is 0.192. The van der Waals surface area contributed by atoms with Gasteiger partial charge >= 0.3 is 106 Å². The fraction of sp³-hybridized carbons (Fsp3) is 0. The number of anilines is 1. The van der Waals surface area contributed by atoms with E-state index < -0.39 is 15.3 Å². The van der Waals surface area contributed by atoms with Crippen LogP contribution in [-0.4, -0.2) is 25.4 Å². The van der Waals surface area contributed by atoms with Crippen molar-refractivity contribution in [2.75, 3.05) is 5.32 Å². The van der Waals surface area contributed by atoms with E-state index in [1.807, 2.05) is 36.4 Å². The third-order valence-electron chi connectivity index (χ3n) is 2.26. The number of benzene rings is 2. The van der Waals surface area contributed by atoms with Crippen LogP contribution in [0.1, 0.15) is 10.4 Å². The molecule has 2 rings (SSSR count). The second-order valence-corrected chi connectivity index (χ2v) is 4.71. The average molecular weight is 292 g/mol. The Morgan fingerprint density at radius 1 is 1.00 bits per heavy atom. The molecule has 86 valence electrons. The molecule has 0 radical (unpaired) electrons. The Kier molecular flexibility index (Phi) is 3.93. The van der Waals surface area contributed by atoms with Crippen molar-refractivity contribution in [2.24, 2.45) is 0 Å². The molecule has 0 saturated carbocycles. The second kappa shape index (κ2) is 5.64. The molecule has 2 aromatic rings. The van der Waals surface area contributed by atoms with Crippen LogP contribution in [0.5, 0.6) is 0 Å². The fourth-order valence-corrected chi connectivity index (χ4v) is 2.29. The third-order valence-corrected chi connectivity index (χ3v) is 3.42. The van der Waals surface area contributed by atoms with Crippen LogP contribution in [0.4, 0.5) is 5.69 Å². The first-order chi connectivity index (χ1) is 8.31. The van der Waals surface area contributed by atoms with Crippen molar-refractivity contribution in [3.8, 4) is 0 Å². The standard InChI is InChI=1S/C13H11NO2Se/c15-13(14-10-6-2-1-3-7-10)11-8-4-5-9-12(11)17-16/h1-9,16H,(H,14,15). The average Bonchev–Trinajstić information content (AvgIpc) is 2.40. The Balaban J connectivity index is 2.20. The van der Waals surface area contributed by atoms with E-state index in [2.05, 4.69) is 5.32 Å². The van der Waals surface area contributed by atoms with Gasteiger partial charge < -0.3 is 0 Å². The molecule has 0 fully saturated rings. The summed E-state index contributed by atoms with van der Waals surface area (Å²) in [6, 6.07) is 16.3. The summed E-state index contributed by atoms with van der Waals surface area (Å²) in [6.45, 7) is 0. The minimum atomic E-state index is -0.676. The van der Waals surface area contributed by atoms with Gasteiger partial charge in [0.05, 0.1) is 0 Å². The van der Waals surface area contributed by atoms with Crippen LogP contribution in [0.3, 0.4) is 0 Å². The van der Waals surface area contributed by atoms with Crippen LogP contribution in [0.2, 0.25) is 0 Å². The van der Waals surface area contributed by atoms with Gasteiger partial charge in [0.1, 0.15) is 0 Å². The predicted molar refractivity (Wildman–Crippen MR) is 68.4 cm³/mol. The molecule has 0 heterocycles. The maximum atomic E-state index is 12.0. The summed E-state index contributed by atoms with van der Waals surface area (Å²) in [5, 5.41) is 2.79. The first-order valence-electron chi connectivity index (χ1n) is 5.08. The van der Waals surface area contributed by atoms with E-state index in [1.54, 1.807) is 18.2 Å². The topological polar surface area (TPSA) is 49.3 Å². The molecule has 3 nitrogen and oxygen atoms in total. The van der Waals surface area contributed by atoms with Crippen LogP contribution in [-0.2, 0) is 0 Å². The van der Waals surface area contributed by atoms with E-state index in [0.717, 1.165) is 5.69 Å². The molecule has 4 heteroatoms. The normalized spacial score (nSPS) is 9.94.